The van der Waals surface area contributed by atoms with Gasteiger partial charge < -0.3 is 10.2 Å². The van der Waals surface area contributed by atoms with Crippen LogP contribution in [0.4, 0.5) is 4.39 Å². The molecule has 0 radical (unpaired) electrons. The summed E-state index contributed by atoms with van der Waals surface area (Å²) >= 11 is 2.07. The van der Waals surface area contributed by atoms with E-state index in [-0.39, 0.29) is 30.2 Å². The van der Waals surface area contributed by atoms with Gasteiger partial charge in [0.15, 0.2) is 0 Å². The highest BCUT2D eigenvalue weighted by Crippen LogP contribution is 2.18. The number of hydrogen-bond acceptors (Lipinski definition) is 2. The van der Waals surface area contributed by atoms with Crippen LogP contribution >= 0.6 is 35.0 Å². The summed E-state index contributed by atoms with van der Waals surface area (Å²) in [6, 6.07) is 4.48. The first-order valence-corrected chi connectivity index (χ1v) is 6.64. The number of halogens is 3. The number of piperazine rings is 1. The van der Waals surface area contributed by atoms with Crippen molar-refractivity contribution in [2.45, 2.75) is 13.0 Å². The van der Waals surface area contributed by atoms with Crippen molar-refractivity contribution in [3.63, 3.8) is 0 Å². The summed E-state index contributed by atoms with van der Waals surface area (Å²) in [5, 5.41) is 3.23. The number of benzene rings is 1. The predicted octanol–water partition coefficient (Wildman–Crippen LogP) is 2.29. The van der Waals surface area contributed by atoms with Crippen molar-refractivity contribution in [1.82, 2.24) is 10.2 Å². The van der Waals surface area contributed by atoms with Gasteiger partial charge in [-0.25, -0.2) is 4.39 Å². The molecule has 1 fully saturated rings. The molecule has 2 rings (SSSR count). The van der Waals surface area contributed by atoms with Crippen LogP contribution in [0.1, 0.15) is 17.3 Å². The van der Waals surface area contributed by atoms with Crippen LogP contribution in [-0.2, 0) is 0 Å². The van der Waals surface area contributed by atoms with Crippen LogP contribution in [0.15, 0.2) is 18.2 Å². The highest BCUT2D eigenvalue weighted by atomic mass is 127. The molecule has 1 atom stereocenters. The quantitative estimate of drug-likeness (QED) is 0.754. The van der Waals surface area contributed by atoms with Crippen LogP contribution in [0.5, 0.6) is 0 Å². The molecule has 3 nitrogen and oxygen atoms in total. The number of carbonyl (C=O) groups excluding carboxylic acids is 1. The van der Waals surface area contributed by atoms with Gasteiger partial charge in [0, 0.05) is 29.2 Å². The minimum Gasteiger partial charge on any atom is -0.333 e. The maximum atomic E-state index is 13.2. The van der Waals surface area contributed by atoms with Crippen LogP contribution < -0.4 is 5.32 Å². The van der Waals surface area contributed by atoms with Gasteiger partial charge in [-0.15, -0.1) is 12.4 Å². The van der Waals surface area contributed by atoms with E-state index in [4.69, 9.17) is 0 Å². The molecule has 1 aromatic carbocycles. The minimum atomic E-state index is -0.364. The summed E-state index contributed by atoms with van der Waals surface area (Å²) in [4.78, 5) is 14.1. The van der Waals surface area contributed by atoms with Gasteiger partial charge in [-0.1, -0.05) is 0 Å². The number of rotatable bonds is 1. The molecule has 1 aromatic rings. The predicted molar refractivity (Wildman–Crippen MR) is 79.7 cm³/mol. The van der Waals surface area contributed by atoms with E-state index in [1.165, 1.54) is 12.1 Å². The second kappa shape index (κ2) is 6.68. The molecule has 0 aromatic heterocycles. The first-order valence-electron chi connectivity index (χ1n) is 5.56. The van der Waals surface area contributed by atoms with E-state index in [0.29, 0.717) is 12.1 Å². The van der Waals surface area contributed by atoms with E-state index in [2.05, 4.69) is 27.9 Å². The molecule has 1 saturated heterocycles. The average molecular weight is 385 g/mol. The number of nitrogens with zero attached hydrogens (tertiary/aromatic N) is 1. The van der Waals surface area contributed by atoms with E-state index in [9.17, 15) is 9.18 Å². The molecule has 0 bridgehead atoms. The summed E-state index contributed by atoms with van der Waals surface area (Å²) < 4.78 is 14.0. The van der Waals surface area contributed by atoms with Crippen molar-refractivity contribution in [3.8, 4) is 0 Å². The maximum Gasteiger partial charge on any atom is 0.255 e. The Kier molecular flexibility index (Phi) is 5.81. The molecular formula is C12H15ClFIN2O. The highest BCUT2D eigenvalue weighted by Gasteiger charge is 2.25. The third kappa shape index (κ3) is 3.33. The number of nitrogens with one attached hydrogen (secondary N) is 1. The monoisotopic (exact) mass is 384 g/mol. The fourth-order valence-electron chi connectivity index (χ4n) is 1.96. The SMILES string of the molecule is C[C@@H]1CNCCN1C(=O)c1cc(F)ccc1I.Cl. The second-order valence-corrected chi connectivity index (χ2v) is 5.34. The van der Waals surface area contributed by atoms with E-state index in [1.807, 2.05) is 6.92 Å². The van der Waals surface area contributed by atoms with Crippen molar-refractivity contribution >= 4 is 40.9 Å². The Labute approximate surface area is 126 Å². The van der Waals surface area contributed by atoms with Gasteiger partial charge in [0.2, 0.25) is 0 Å². The zero-order valence-corrected chi connectivity index (χ0v) is 12.9. The Bertz CT molecular complexity index is 444. The van der Waals surface area contributed by atoms with Gasteiger partial charge in [-0.2, -0.15) is 0 Å². The van der Waals surface area contributed by atoms with Crippen molar-refractivity contribution in [2.75, 3.05) is 19.6 Å². The first kappa shape index (κ1) is 15.7. The lowest BCUT2D eigenvalue weighted by Crippen LogP contribution is -2.52. The molecular weight excluding hydrogens is 370 g/mol. The third-order valence-electron chi connectivity index (χ3n) is 2.92. The number of hydrogen-bond donors (Lipinski definition) is 1. The first-order chi connectivity index (χ1) is 8.09. The lowest BCUT2D eigenvalue weighted by Gasteiger charge is -2.34. The Morgan fingerprint density at radius 2 is 2.28 bits per heavy atom. The normalized spacial score (nSPS) is 19.3. The minimum absolute atomic E-state index is 0. The molecule has 0 aliphatic carbocycles. The van der Waals surface area contributed by atoms with E-state index in [1.54, 1.807) is 11.0 Å². The van der Waals surface area contributed by atoms with Gasteiger partial charge in [-0.05, 0) is 47.7 Å². The molecule has 1 aliphatic rings. The summed E-state index contributed by atoms with van der Waals surface area (Å²) in [5.74, 6) is -0.445. The van der Waals surface area contributed by atoms with Gasteiger partial charge in [0.05, 0.1) is 5.56 Å². The van der Waals surface area contributed by atoms with Crippen LogP contribution in [-0.4, -0.2) is 36.5 Å². The molecule has 0 unspecified atom stereocenters. The van der Waals surface area contributed by atoms with Gasteiger partial charge in [0.25, 0.3) is 5.91 Å². The highest BCUT2D eigenvalue weighted by molar-refractivity contribution is 14.1. The fourth-order valence-corrected chi connectivity index (χ4v) is 2.53. The van der Waals surface area contributed by atoms with Gasteiger partial charge in [-0.3, -0.25) is 4.79 Å². The zero-order valence-electron chi connectivity index (χ0n) is 9.95. The Morgan fingerprint density at radius 1 is 1.56 bits per heavy atom. The van der Waals surface area contributed by atoms with E-state index < -0.39 is 0 Å². The lowest BCUT2D eigenvalue weighted by atomic mass is 10.1. The Balaban J connectivity index is 0.00000162. The Morgan fingerprint density at radius 3 is 2.94 bits per heavy atom. The third-order valence-corrected chi connectivity index (χ3v) is 3.86. The van der Waals surface area contributed by atoms with Crippen LogP contribution in [0.25, 0.3) is 0 Å². The lowest BCUT2D eigenvalue weighted by molar-refractivity contribution is 0.0654. The van der Waals surface area contributed by atoms with Crippen LogP contribution in [0.3, 0.4) is 0 Å². The van der Waals surface area contributed by atoms with Crippen molar-refractivity contribution in [2.24, 2.45) is 0 Å². The molecule has 1 heterocycles. The second-order valence-electron chi connectivity index (χ2n) is 4.18. The van der Waals surface area contributed by atoms with Crippen molar-refractivity contribution in [1.29, 1.82) is 0 Å². The van der Waals surface area contributed by atoms with Crippen molar-refractivity contribution in [3.05, 3.63) is 33.1 Å². The standard InChI is InChI=1S/C12H14FIN2O.ClH/c1-8-7-15-4-5-16(8)12(17)10-6-9(13)2-3-11(10)14;/h2-3,6,8,15H,4-5,7H2,1H3;1H/t8-;/m1./s1. The molecule has 6 heteroatoms. The smallest absolute Gasteiger partial charge is 0.255 e. The summed E-state index contributed by atoms with van der Waals surface area (Å²) in [5.41, 5.74) is 0.458. The van der Waals surface area contributed by atoms with E-state index in [0.717, 1.165) is 16.7 Å². The maximum absolute atomic E-state index is 13.2. The largest absolute Gasteiger partial charge is 0.333 e. The Hall–Kier alpha value is -0.400. The number of carbonyl (C=O) groups is 1. The summed E-state index contributed by atoms with van der Waals surface area (Å²) in [6.45, 7) is 4.25. The van der Waals surface area contributed by atoms with Gasteiger partial charge >= 0.3 is 0 Å². The van der Waals surface area contributed by atoms with Gasteiger partial charge in [0.1, 0.15) is 5.82 Å². The topological polar surface area (TPSA) is 32.3 Å². The molecule has 18 heavy (non-hydrogen) atoms. The molecule has 0 saturated carbocycles. The zero-order chi connectivity index (χ0) is 12.4. The average Bonchev–Trinajstić information content (AvgIpc) is 2.32. The molecule has 0 spiro atoms. The van der Waals surface area contributed by atoms with Crippen LogP contribution in [0.2, 0.25) is 0 Å². The summed E-state index contributed by atoms with van der Waals surface area (Å²) in [6.07, 6.45) is 0. The van der Waals surface area contributed by atoms with Crippen molar-refractivity contribution < 1.29 is 9.18 Å². The fraction of sp³-hybridized carbons (Fsp3) is 0.417. The summed E-state index contributed by atoms with van der Waals surface area (Å²) in [7, 11) is 0. The van der Waals surface area contributed by atoms with E-state index >= 15 is 0 Å². The molecule has 1 aliphatic heterocycles. The number of amides is 1. The molecule has 1 amide bonds. The molecule has 100 valence electrons. The molecule has 1 N–H and O–H groups in total. The van der Waals surface area contributed by atoms with Crippen LogP contribution in [0, 0.1) is 9.39 Å².